The van der Waals surface area contributed by atoms with Crippen LogP contribution in [0, 0.1) is 6.92 Å². The van der Waals surface area contributed by atoms with Crippen molar-refractivity contribution in [2.45, 2.75) is 39.5 Å². The van der Waals surface area contributed by atoms with Gasteiger partial charge in [0.25, 0.3) is 0 Å². The van der Waals surface area contributed by atoms with Gasteiger partial charge in [-0.1, -0.05) is 13.8 Å². The summed E-state index contributed by atoms with van der Waals surface area (Å²) in [6, 6.07) is 4.13. The number of aromatic nitrogens is 1. The van der Waals surface area contributed by atoms with E-state index >= 15 is 0 Å². The van der Waals surface area contributed by atoms with Crippen LogP contribution in [0.25, 0.3) is 11.0 Å². The van der Waals surface area contributed by atoms with E-state index in [2.05, 4.69) is 41.9 Å². The molecule has 0 atom stereocenters. The summed E-state index contributed by atoms with van der Waals surface area (Å²) in [4.78, 5) is 28.0. The highest BCUT2D eigenvalue weighted by Gasteiger charge is 2.15. The molecule has 2 heterocycles. The predicted octanol–water partition coefficient (Wildman–Crippen LogP) is 4.22. The lowest BCUT2D eigenvalue weighted by molar-refractivity contribution is -0.139. The van der Waals surface area contributed by atoms with Crippen LogP contribution in [0.5, 0.6) is 0 Å². The number of nitrogens with zero attached hydrogens (tertiary/aromatic N) is 1. The fourth-order valence-electron chi connectivity index (χ4n) is 3.01. The number of thiazole rings is 1. The van der Waals surface area contributed by atoms with Crippen LogP contribution < -0.4 is 5.32 Å². The molecule has 0 saturated heterocycles. The Labute approximate surface area is 161 Å². The van der Waals surface area contributed by atoms with Crippen LogP contribution in [-0.4, -0.2) is 24.0 Å². The van der Waals surface area contributed by atoms with Gasteiger partial charge in [-0.15, -0.1) is 11.3 Å². The summed E-state index contributed by atoms with van der Waals surface area (Å²) in [5, 5.41) is 5.94. The quantitative estimate of drug-likeness (QED) is 0.642. The number of carbonyl (C=O) groups excluding carboxylic acids is 2. The van der Waals surface area contributed by atoms with E-state index in [1.54, 1.807) is 11.6 Å². The molecule has 3 aromatic rings. The molecule has 2 aromatic heterocycles. The molecule has 27 heavy (non-hydrogen) atoms. The summed E-state index contributed by atoms with van der Waals surface area (Å²) < 4.78 is 10.2. The van der Waals surface area contributed by atoms with Gasteiger partial charge in [-0.05, 0) is 36.1 Å². The average molecular weight is 386 g/mol. The molecule has 1 N–H and O–H groups in total. The van der Waals surface area contributed by atoms with Crippen molar-refractivity contribution in [3.63, 3.8) is 0 Å². The Bertz CT molecular complexity index is 987. The number of nitrogens with one attached hydrogen (secondary N) is 1. The minimum absolute atomic E-state index is 0.0898. The van der Waals surface area contributed by atoms with Crippen LogP contribution in [0.15, 0.2) is 28.2 Å². The number of hydrogen-bond donors (Lipinski definition) is 1. The minimum Gasteiger partial charge on any atom is -0.469 e. The molecule has 0 aliphatic rings. The third-order valence-electron chi connectivity index (χ3n) is 4.37. The maximum absolute atomic E-state index is 12.4. The monoisotopic (exact) mass is 386 g/mol. The molecule has 0 spiro atoms. The molecule has 142 valence electrons. The van der Waals surface area contributed by atoms with E-state index in [1.165, 1.54) is 29.6 Å². The average Bonchev–Trinajstić information content (AvgIpc) is 3.20. The molecular weight excluding hydrogens is 364 g/mol. The Balaban J connectivity index is 1.73. The molecule has 1 aromatic carbocycles. The van der Waals surface area contributed by atoms with Gasteiger partial charge in [-0.2, -0.15) is 0 Å². The van der Waals surface area contributed by atoms with Crippen molar-refractivity contribution >= 4 is 39.3 Å². The highest BCUT2D eigenvalue weighted by atomic mass is 32.1. The molecule has 0 aliphatic carbocycles. The van der Waals surface area contributed by atoms with Gasteiger partial charge in [-0.3, -0.25) is 9.59 Å². The Morgan fingerprint density at radius 1 is 1.30 bits per heavy atom. The van der Waals surface area contributed by atoms with Crippen LogP contribution in [0.4, 0.5) is 5.13 Å². The second kappa shape index (κ2) is 7.92. The molecule has 0 radical (unpaired) electrons. The number of methoxy groups -OCH3 is 1. The van der Waals surface area contributed by atoms with Crippen molar-refractivity contribution in [2.24, 2.45) is 0 Å². The van der Waals surface area contributed by atoms with E-state index in [0.29, 0.717) is 16.7 Å². The number of aryl methyl sites for hydroxylation is 1. The maximum atomic E-state index is 12.4. The number of ether oxygens (including phenoxy) is 1. The second-order valence-corrected chi connectivity index (χ2v) is 7.60. The zero-order valence-electron chi connectivity index (χ0n) is 15.8. The number of amides is 1. The Morgan fingerprint density at radius 3 is 2.78 bits per heavy atom. The molecule has 0 aliphatic heterocycles. The van der Waals surface area contributed by atoms with Gasteiger partial charge in [0.15, 0.2) is 5.13 Å². The summed E-state index contributed by atoms with van der Waals surface area (Å²) in [6.45, 7) is 6.36. The normalized spacial score (nSPS) is 11.1. The zero-order chi connectivity index (χ0) is 19.6. The van der Waals surface area contributed by atoms with Gasteiger partial charge in [0.2, 0.25) is 5.91 Å². The third kappa shape index (κ3) is 4.36. The van der Waals surface area contributed by atoms with E-state index in [-0.39, 0.29) is 24.7 Å². The van der Waals surface area contributed by atoms with Gasteiger partial charge in [0.05, 0.1) is 31.9 Å². The number of anilines is 1. The van der Waals surface area contributed by atoms with Crippen LogP contribution in [0.2, 0.25) is 0 Å². The molecule has 7 heteroatoms. The first-order chi connectivity index (χ1) is 12.9. The highest BCUT2D eigenvalue weighted by Crippen LogP contribution is 2.29. The number of furan rings is 1. The Morgan fingerprint density at radius 2 is 2.07 bits per heavy atom. The molecule has 6 nitrogen and oxygen atoms in total. The summed E-state index contributed by atoms with van der Waals surface area (Å²) in [7, 11) is 1.33. The number of benzene rings is 1. The van der Waals surface area contributed by atoms with Crippen molar-refractivity contribution in [3.05, 3.63) is 46.2 Å². The van der Waals surface area contributed by atoms with E-state index in [9.17, 15) is 9.59 Å². The molecule has 0 unspecified atom stereocenters. The number of carbonyl (C=O) groups is 2. The van der Waals surface area contributed by atoms with Crippen LogP contribution in [0.1, 0.15) is 42.1 Å². The van der Waals surface area contributed by atoms with E-state index in [1.807, 2.05) is 6.07 Å². The SMILES string of the molecule is COC(=O)Cc1csc(NC(=O)Cc2coc3cc(C)c(C(C)C)cc23)n1. The lowest BCUT2D eigenvalue weighted by atomic mass is 9.95. The molecule has 3 rings (SSSR count). The zero-order valence-corrected chi connectivity index (χ0v) is 16.6. The van der Waals surface area contributed by atoms with Gasteiger partial charge in [0.1, 0.15) is 5.58 Å². The smallest absolute Gasteiger partial charge is 0.311 e. The van der Waals surface area contributed by atoms with Crippen LogP contribution in [0.3, 0.4) is 0 Å². The van der Waals surface area contributed by atoms with Crippen molar-refractivity contribution in [3.8, 4) is 0 Å². The first-order valence-electron chi connectivity index (χ1n) is 8.69. The minimum atomic E-state index is -0.362. The highest BCUT2D eigenvalue weighted by molar-refractivity contribution is 7.13. The van der Waals surface area contributed by atoms with Gasteiger partial charge < -0.3 is 14.5 Å². The topological polar surface area (TPSA) is 81.4 Å². The lowest BCUT2D eigenvalue weighted by Gasteiger charge is -2.09. The lowest BCUT2D eigenvalue weighted by Crippen LogP contribution is -2.14. The van der Waals surface area contributed by atoms with Crippen molar-refractivity contribution in [2.75, 3.05) is 12.4 Å². The largest absolute Gasteiger partial charge is 0.469 e. The molecule has 0 bridgehead atoms. The van der Waals surface area contributed by atoms with E-state index < -0.39 is 0 Å². The van der Waals surface area contributed by atoms with E-state index in [0.717, 1.165) is 16.5 Å². The first-order valence-corrected chi connectivity index (χ1v) is 9.57. The number of esters is 1. The van der Waals surface area contributed by atoms with Gasteiger partial charge >= 0.3 is 5.97 Å². The standard InChI is InChI=1S/C20H22N2O4S/c1-11(2)15-8-16-13(9-26-17(16)5-12(15)3)6-18(23)22-20-21-14(10-27-20)7-19(24)25-4/h5,8-11H,6-7H2,1-4H3,(H,21,22,23). The molecule has 0 fully saturated rings. The summed E-state index contributed by atoms with van der Waals surface area (Å²) in [6.07, 6.45) is 1.92. The number of rotatable bonds is 6. The Hall–Kier alpha value is -2.67. The van der Waals surface area contributed by atoms with Gasteiger partial charge in [-0.25, -0.2) is 4.98 Å². The summed E-state index contributed by atoms with van der Waals surface area (Å²) >= 11 is 1.28. The van der Waals surface area contributed by atoms with Crippen LogP contribution >= 0.6 is 11.3 Å². The maximum Gasteiger partial charge on any atom is 0.311 e. The van der Waals surface area contributed by atoms with Crippen molar-refractivity contribution in [1.29, 1.82) is 0 Å². The summed E-state index contributed by atoms with van der Waals surface area (Å²) in [5.41, 5.74) is 4.64. The molecular formula is C20H22N2O4S. The molecule has 0 saturated carbocycles. The summed E-state index contributed by atoms with van der Waals surface area (Å²) in [5.74, 6) is -0.142. The van der Waals surface area contributed by atoms with Crippen molar-refractivity contribution < 1.29 is 18.7 Å². The number of fused-ring (bicyclic) bond motifs is 1. The van der Waals surface area contributed by atoms with Crippen LogP contribution in [-0.2, 0) is 27.2 Å². The predicted molar refractivity (Wildman–Crippen MR) is 105 cm³/mol. The van der Waals surface area contributed by atoms with Gasteiger partial charge in [0, 0.05) is 16.3 Å². The molecule has 1 amide bonds. The fraction of sp³-hybridized carbons (Fsp3) is 0.350. The third-order valence-corrected chi connectivity index (χ3v) is 5.17. The Kier molecular flexibility index (Phi) is 5.60. The number of hydrogen-bond acceptors (Lipinski definition) is 6. The van der Waals surface area contributed by atoms with Crippen molar-refractivity contribution in [1.82, 2.24) is 4.98 Å². The first kappa shape index (κ1) is 19.1. The van der Waals surface area contributed by atoms with E-state index in [4.69, 9.17) is 4.42 Å². The second-order valence-electron chi connectivity index (χ2n) is 6.74. The fourth-order valence-corrected chi connectivity index (χ4v) is 3.73.